The molecule has 0 unspecified atom stereocenters. The normalized spacial score (nSPS) is 5.29. The standard InChI is InChI=1S/C3H6O2.Ca.Na.2H/c1-2-3(4)5;;;;/h2H2,1H3,(H,4,5);;;;/q;+2;+1;2*-1/p-1. The van der Waals surface area contributed by atoms with Crippen LogP contribution in [0.25, 0.3) is 0 Å². The number of aliphatic carboxylic acids is 1. The van der Waals surface area contributed by atoms with Crippen LogP contribution < -0.4 is 34.7 Å². The van der Waals surface area contributed by atoms with Crippen LogP contribution in [0.5, 0.6) is 0 Å². The summed E-state index contributed by atoms with van der Waals surface area (Å²) in [5.74, 6) is -0.995. The molecule has 0 saturated heterocycles. The molecule has 0 saturated carbocycles. The Morgan fingerprint density at radius 1 is 1.86 bits per heavy atom. The van der Waals surface area contributed by atoms with Gasteiger partial charge in [0.15, 0.2) is 0 Å². The number of rotatable bonds is 1. The fraction of sp³-hybridized carbons (Fsp3) is 0.667. The van der Waals surface area contributed by atoms with Gasteiger partial charge in [-0.1, -0.05) is 6.92 Å². The van der Waals surface area contributed by atoms with Crippen LogP contribution in [0.3, 0.4) is 0 Å². The van der Waals surface area contributed by atoms with Crippen LogP contribution in [0.1, 0.15) is 16.2 Å². The Morgan fingerprint density at radius 3 is 2.00 bits per heavy atom. The van der Waals surface area contributed by atoms with E-state index in [1.165, 1.54) is 6.92 Å². The Morgan fingerprint density at radius 2 is 2.00 bits per heavy atom. The predicted molar refractivity (Wildman–Crippen MR) is 23.3 cm³/mol. The molecule has 0 aliphatic heterocycles. The molecule has 34 valence electrons. The molecule has 0 radical (unpaired) electrons. The summed E-state index contributed by atoms with van der Waals surface area (Å²) in [6, 6.07) is 0. The van der Waals surface area contributed by atoms with E-state index in [0.717, 1.165) is 0 Å². The van der Waals surface area contributed by atoms with Crippen molar-refractivity contribution < 1.29 is 42.3 Å². The summed E-state index contributed by atoms with van der Waals surface area (Å²) in [6.07, 6.45) is 0.111. The minimum atomic E-state index is -0.995. The van der Waals surface area contributed by atoms with Gasteiger partial charge in [-0.15, -0.1) is 0 Å². The number of carboxylic acid groups (broad SMARTS) is 1. The maximum Gasteiger partial charge on any atom is 2.00 e. The van der Waals surface area contributed by atoms with Crippen LogP contribution >= 0.6 is 0 Å². The zero-order valence-corrected chi connectivity index (χ0v) is 8.94. The van der Waals surface area contributed by atoms with E-state index >= 15 is 0 Å². The van der Waals surface area contributed by atoms with Gasteiger partial charge in [-0.3, -0.25) is 0 Å². The van der Waals surface area contributed by atoms with Crippen molar-refractivity contribution in [1.29, 1.82) is 0 Å². The fourth-order valence-corrected chi connectivity index (χ4v) is 0. The Hall–Kier alpha value is 1.73. The molecule has 0 N–H and O–H groups in total. The van der Waals surface area contributed by atoms with Gasteiger partial charge in [-0.2, -0.15) is 0 Å². The molecule has 4 heteroatoms. The molecule has 0 atom stereocenters. The molecule has 0 heterocycles. The summed E-state index contributed by atoms with van der Waals surface area (Å²) >= 11 is 0. The number of carboxylic acids is 1. The fourth-order valence-electron chi connectivity index (χ4n) is 0. The van der Waals surface area contributed by atoms with Crippen molar-refractivity contribution in [1.82, 2.24) is 0 Å². The molecule has 0 amide bonds. The average Bonchev–Trinajstić information content (AvgIpc) is 1.38. The van der Waals surface area contributed by atoms with Gasteiger partial charge in [0, 0.05) is 5.97 Å². The van der Waals surface area contributed by atoms with Gasteiger partial charge in [0.2, 0.25) is 0 Å². The molecular formula is C3H7CaNaO2. The molecule has 0 rings (SSSR count). The third-order valence-electron chi connectivity index (χ3n) is 0.289. The number of hydrogen-bond donors (Lipinski definition) is 0. The smallest absolute Gasteiger partial charge is 1.00 e. The summed E-state index contributed by atoms with van der Waals surface area (Å²) in [6.45, 7) is 1.54. The Bertz CT molecular complexity index is 55.1. The topological polar surface area (TPSA) is 40.1 Å². The van der Waals surface area contributed by atoms with E-state index in [-0.39, 0.29) is 76.6 Å². The number of carbonyl (C=O) groups excluding carboxylic acids is 1. The SMILES string of the molecule is CCC(=O)[O-].[Ca+2].[H-].[H-].[Na+]. The molecule has 0 aromatic heterocycles. The first-order chi connectivity index (χ1) is 2.27. The summed E-state index contributed by atoms with van der Waals surface area (Å²) in [5, 5.41) is 9.26. The predicted octanol–water partition coefficient (Wildman–Crippen LogP) is -4.01. The van der Waals surface area contributed by atoms with Gasteiger partial charge in [-0.05, 0) is 6.42 Å². The second-order valence-corrected chi connectivity index (χ2v) is 0.726. The second kappa shape index (κ2) is 10.7. The van der Waals surface area contributed by atoms with Gasteiger partial charge in [0.1, 0.15) is 0 Å². The van der Waals surface area contributed by atoms with Gasteiger partial charge >= 0.3 is 67.3 Å². The Labute approximate surface area is 97.9 Å². The molecule has 0 aliphatic carbocycles. The van der Waals surface area contributed by atoms with Crippen molar-refractivity contribution in [2.75, 3.05) is 0 Å². The molecule has 0 aromatic rings. The van der Waals surface area contributed by atoms with Crippen LogP contribution in [-0.2, 0) is 4.79 Å². The van der Waals surface area contributed by atoms with Crippen LogP contribution in [0.2, 0.25) is 0 Å². The third kappa shape index (κ3) is 18.2. The second-order valence-electron chi connectivity index (χ2n) is 0.726. The van der Waals surface area contributed by atoms with E-state index in [9.17, 15) is 9.90 Å². The maximum absolute atomic E-state index is 9.26. The molecule has 0 spiro atoms. The van der Waals surface area contributed by atoms with E-state index in [2.05, 4.69) is 0 Å². The van der Waals surface area contributed by atoms with Gasteiger partial charge in [0.05, 0.1) is 0 Å². The van der Waals surface area contributed by atoms with Crippen molar-refractivity contribution in [3.63, 3.8) is 0 Å². The minimum absolute atomic E-state index is 0. The molecule has 2 nitrogen and oxygen atoms in total. The maximum atomic E-state index is 9.26. The minimum Gasteiger partial charge on any atom is -1.00 e. The number of carbonyl (C=O) groups is 1. The quantitative estimate of drug-likeness (QED) is 0.346. The first kappa shape index (κ1) is 15.9. The Kier molecular flexibility index (Phi) is 24.2. The summed E-state index contributed by atoms with van der Waals surface area (Å²) in [7, 11) is 0. The van der Waals surface area contributed by atoms with Gasteiger partial charge in [-0.25, -0.2) is 0 Å². The van der Waals surface area contributed by atoms with E-state index in [1.807, 2.05) is 0 Å². The van der Waals surface area contributed by atoms with Crippen LogP contribution in [0.15, 0.2) is 0 Å². The van der Waals surface area contributed by atoms with Crippen molar-refractivity contribution in [3.05, 3.63) is 0 Å². The van der Waals surface area contributed by atoms with Crippen molar-refractivity contribution in [2.45, 2.75) is 13.3 Å². The monoisotopic (exact) mass is 138 g/mol. The molecule has 0 aromatic carbocycles. The van der Waals surface area contributed by atoms with Crippen LogP contribution in [-0.4, -0.2) is 43.7 Å². The molecule has 0 fully saturated rings. The zero-order valence-electron chi connectivity index (χ0n) is 6.73. The van der Waals surface area contributed by atoms with Crippen molar-refractivity contribution in [3.8, 4) is 0 Å². The van der Waals surface area contributed by atoms with E-state index in [1.54, 1.807) is 0 Å². The number of hydrogen-bond acceptors (Lipinski definition) is 2. The summed E-state index contributed by atoms with van der Waals surface area (Å²) in [5.41, 5.74) is 0. The first-order valence-corrected chi connectivity index (χ1v) is 1.47. The van der Waals surface area contributed by atoms with Gasteiger partial charge < -0.3 is 12.8 Å². The van der Waals surface area contributed by atoms with E-state index in [0.29, 0.717) is 0 Å². The third-order valence-corrected chi connectivity index (χ3v) is 0.289. The summed E-state index contributed by atoms with van der Waals surface area (Å²) in [4.78, 5) is 9.26. The van der Waals surface area contributed by atoms with Crippen molar-refractivity contribution >= 4 is 43.7 Å². The first-order valence-electron chi connectivity index (χ1n) is 1.47. The molecule has 0 bridgehead atoms. The van der Waals surface area contributed by atoms with Crippen LogP contribution in [0.4, 0.5) is 0 Å². The van der Waals surface area contributed by atoms with E-state index in [4.69, 9.17) is 0 Å². The average molecular weight is 138 g/mol. The van der Waals surface area contributed by atoms with Crippen molar-refractivity contribution in [2.24, 2.45) is 0 Å². The summed E-state index contributed by atoms with van der Waals surface area (Å²) < 4.78 is 0. The zero-order chi connectivity index (χ0) is 4.28. The molecule has 7 heavy (non-hydrogen) atoms. The Balaban J connectivity index is -0.0000000133. The van der Waals surface area contributed by atoms with E-state index < -0.39 is 5.97 Å². The molecule has 0 aliphatic rings. The van der Waals surface area contributed by atoms with Crippen LogP contribution in [0, 0.1) is 0 Å². The van der Waals surface area contributed by atoms with Gasteiger partial charge in [0.25, 0.3) is 0 Å². The molecular weight excluding hydrogens is 131 g/mol. The largest absolute Gasteiger partial charge is 2.00 e.